The molecule has 3 fully saturated rings. The average Bonchev–Trinajstić information content (AvgIpc) is 3.06. The molecule has 25 heavy (non-hydrogen) atoms. The molecular formula is C20H23N3O2. The van der Waals surface area contributed by atoms with Crippen molar-refractivity contribution in [1.29, 1.82) is 0 Å². The summed E-state index contributed by atoms with van der Waals surface area (Å²) in [6.07, 6.45) is 3.95. The first-order valence-corrected chi connectivity index (χ1v) is 9.35. The molecule has 130 valence electrons. The third-order valence-corrected chi connectivity index (χ3v) is 6.23. The summed E-state index contributed by atoms with van der Waals surface area (Å²) in [5.74, 6) is 1.28. The van der Waals surface area contributed by atoms with Gasteiger partial charge in [-0.1, -0.05) is 18.2 Å². The minimum atomic E-state index is 0.0986. The van der Waals surface area contributed by atoms with Gasteiger partial charge < -0.3 is 14.8 Å². The van der Waals surface area contributed by atoms with Gasteiger partial charge in [0, 0.05) is 43.0 Å². The molecule has 1 aromatic heterocycles. The van der Waals surface area contributed by atoms with Gasteiger partial charge in [0.1, 0.15) is 5.69 Å². The van der Waals surface area contributed by atoms with Crippen LogP contribution in [0, 0.1) is 11.8 Å². The number of H-pyrrole nitrogens is 1. The summed E-state index contributed by atoms with van der Waals surface area (Å²) in [5, 5.41) is 1.08. The Balaban J connectivity index is 1.39. The summed E-state index contributed by atoms with van der Waals surface area (Å²) in [4.78, 5) is 32.7. The molecule has 3 aliphatic rings. The zero-order valence-electron chi connectivity index (χ0n) is 14.3. The molecule has 1 aromatic carbocycles. The van der Waals surface area contributed by atoms with Crippen molar-refractivity contribution in [3.8, 4) is 0 Å². The largest absolute Gasteiger partial charge is 0.351 e. The Morgan fingerprint density at radius 2 is 2.04 bits per heavy atom. The number of rotatable bonds is 1. The normalized spacial score (nSPS) is 29.0. The van der Waals surface area contributed by atoms with E-state index in [0.717, 1.165) is 49.8 Å². The summed E-state index contributed by atoms with van der Waals surface area (Å²) in [7, 11) is 0. The molecule has 1 N–H and O–H groups in total. The SMILES string of the molecule is O=C(c1cc2ccccc2[nH]1)N1CC2CC(C1)[C@@H]1CCCC(=O)N1C2. The maximum Gasteiger partial charge on any atom is 0.270 e. The molecule has 0 aliphatic carbocycles. The molecule has 0 saturated carbocycles. The van der Waals surface area contributed by atoms with Crippen molar-refractivity contribution < 1.29 is 9.59 Å². The lowest BCUT2D eigenvalue weighted by molar-refractivity contribution is -0.144. The van der Waals surface area contributed by atoms with E-state index >= 15 is 0 Å². The van der Waals surface area contributed by atoms with Crippen molar-refractivity contribution in [2.24, 2.45) is 11.8 Å². The first-order valence-electron chi connectivity index (χ1n) is 9.35. The Bertz CT molecular complexity index is 809. The molecule has 5 nitrogen and oxygen atoms in total. The molecular weight excluding hydrogens is 314 g/mol. The molecule has 0 spiro atoms. The predicted molar refractivity (Wildman–Crippen MR) is 95.2 cm³/mol. The average molecular weight is 337 g/mol. The van der Waals surface area contributed by atoms with Crippen molar-refractivity contribution >= 4 is 22.7 Å². The molecule has 3 aliphatic heterocycles. The number of aromatic nitrogens is 1. The minimum absolute atomic E-state index is 0.0986. The number of aromatic amines is 1. The van der Waals surface area contributed by atoms with Crippen molar-refractivity contribution in [2.45, 2.75) is 31.7 Å². The number of hydrogen-bond acceptors (Lipinski definition) is 2. The highest BCUT2D eigenvalue weighted by Gasteiger charge is 2.44. The second-order valence-electron chi connectivity index (χ2n) is 7.85. The lowest BCUT2D eigenvalue weighted by Crippen LogP contribution is -2.61. The summed E-state index contributed by atoms with van der Waals surface area (Å²) in [6, 6.07) is 10.3. The van der Waals surface area contributed by atoms with Crippen LogP contribution in [-0.4, -0.2) is 52.3 Å². The van der Waals surface area contributed by atoms with Crippen LogP contribution in [-0.2, 0) is 4.79 Å². The monoisotopic (exact) mass is 337 g/mol. The first kappa shape index (κ1) is 15.0. The molecule has 3 atom stereocenters. The van der Waals surface area contributed by atoms with Gasteiger partial charge in [-0.05, 0) is 43.2 Å². The molecule has 5 heteroatoms. The van der Waals surface area contributed by atoms with Crippen LogP contribution in [0.1, 0.15) is 36.2 Å². The zero-order valence-corrected chi connectivity index (χ0v) is 14.3. The van der Waals surface area contributed by atoms with Crippen LogP contribution in [0.5, 0.6) is 0 Å². The van der Waals surface area contributed by atoms with Gasteiger partial charge in [-0.15, -0.1) is 0 Å². The Labute approximate surface area is 147 Å². The van der Waals surface area contributed by atoms with Gasteiger partial charge in [0.05, 0.1) is 0 Å². The number of hydrogen-bond donors (Lipinski definition) is 1. The van der Waals surface area contributed by atoms with Crippen LogP contribution < -0.4 is 0 Å². The van der Waals surface area contributed by atoms with Gasteiger partial charge in [0.2, 0.25) is 5.91 Å². The summed E-state index contributed by atoms with van der Waals surface area (Å²) >= 11 is 0. The zero-order chi connectivity index (χ0) is 17.0. The first-order chi connectivity index (χ1) is 12.2. The van der Waals surface area contributed by atoms with Crippen molar-refractivity contribution in [2.75, 3.05) is 19.6 Å². The van der Waals surface area contributed by atoms with E-state index < -0.39 is 0 Å². The molecule has 0 radical (unpaired) electrons. The maximum atomic E-state index is 13.0. The highest BCUT2D eigenvalue weighted by atomic mass is 16.2. The second kappa shape index (κ2) is 5.61. The lowest BCUT2D eigenvalue weighted by atomic mass is 9.76. The number of piperidine rings is 3. The third kappa shape index (κ3) is 2.44. The van der Waals surface area contributed by atoms with Crippen molar-refractivity contribution in [3.63, 3.8) is 0 Å². The number of carbonyl (C=O) groups is 2. The number of nitrogens with zero attached hydrogens (tertiary/aromatic N) is 2. The van der Waals surface area contributed by atoms with Crippen molar-refractivity contribution in [3.05, 3.63) is 36.0 Å². The number of likely N-dealkylation sites (tertiary alicyclic amines) is 1. The van der Waals surface area contributed by atoms with E-state index in [1.54, 1.807) is 0 Å². The summed E-state index contributed by atoms with van der Waals surface area (Å²) in [5.41, 5.74) is 1.69. The molecule has 2 unspecified atom stereocenters. The third-order valence-electron chi connectivity index (χ3n) is 6.23. The number of carbonyl (C=O) groups excluding carboxylic acids is 2. The fourth-order valence-electron chi connectivity index (χ4n) is 5.13. The summed E-state index contributed by atoms with van der Waals surface area (Å²) < 4.78 is 0. The van der Waals surface area contributed by atoms with Gasteiger partial charge in [0.25, 0.3) is 5.91 Å². The van der Waals surface area contributed by atoms with Crippen LogP contribution in [0.25, 0.3) is 10.9 Å². The predicted octanol–water partition coefficient (Wildman–Crippen LogP) is 2.64. The highest BCUT2D eigenvalue weighted by Crippen LogP contribution is 2.38. The van der Waals surface area contributed by atoms with Crippen molar-refractivity contribution in [1.82, 2.24) is 14.8 Å². The Hall–Kier alpha value is -2.30. The molecule has 3 saturated heterocycles. The quantitative estimate of drug-likeness (QED) is 0.870. The molecule has 2 amide bonds. The fourth-order valence-corrected chi connectivity index (χ4v) is 5.13. The summed E-state index contributed by atoms with van der Waals surface area (Å²) in [6.45, 7) is 2.37. The van der Waals surface area contributed by atoms with E-state index in [-0.39, 0.29) is 5.91 Å². The highest BCUT2D eigenvalue weighted by molar-refractivity contribution is 5.98. The Morgan fingerprint density at radius 3 is 2.92 bits per heavy atom. The molecule has 2 bridgehead atoms. The molecule has 4 heterocycles. The van der Waals surface area contributed by atoms with E-state index in [9.17, 15) is 9.59 Å². The molecule has 5 rings (SSSR count). The number of benzene rings is 1. The number of amides is 2. The van der Waals surface area contributed by atoms with Crippen LogP contribution in [0.15, 0.2) is 30.3 Å². The van der Waals surface area contributed by atoms with Gasteiger partial charge >= 0.3 is 0 Å². The minimum Gasteiger partial charge on any atom is -0.351 e. The lowest BCUT2D eigenvalue weighted by Gasteiger charge is -2.52. The number of fused-ring (bicyclic) bond motifs is 5. The number of nitrogens with one attached hydrogen (secondary N) is 1. The second-order valence-corrected chi connectivity index (χ2v) is 7.85. The van der Waals surface area contributed by atoms with Crippen LogP contribution >= 0.6 is 0 Å². The van der Waals surface area contributed by atoms with E-state index in [2.05, 4.69) is 9.88 Å². The molecule has 2 aromatic rings. The van der Waals surface area contributed by atoms with E-state index in [0.29, 0.717) is 35.9 Å². The van der Waals surface area contributed by atoms with Crippen LogP contribution in [0.3, 0.4) is 0 Å². The van der Waals surface area contributed by atoms with Gasteiger partial charge in [-0.3, -0.25) is 9.59 Å². The van der Waals surface area contributed by atoms with E-state index in [1.165, 1.54) is 0 Å². The van der Waals surface area contributed by atoms with E-state index in [4.69, 9.17) is 0 Å². The van der Waals surface area contributed by atoms with Crippen LogP contribution in [0.4, 0.5) is 0 Å². The Kier molecular flexibility index (Phi) is 3.37. The standard InChI is InChI=1S/C20H23N3O2/c24-19-7-3-6-18-15-8-13(11-23(18)19)10-22(12-15)20(25)17-9-14-4-1-2-5-16(14)21-17/h1-2,4-5,9,13,15,18,21H,3,6-8,10-12H2/t13?,15?,18-/m0/s1. The Morgan fingerprint density at radius 1 is 1.16 bits per heavy atom. The number of para-hydroxylation sites is 1. The van der Waals surface area contributed by atoms with Gasteiger partial charge in [0.15, 0.2) is 0 Å². The topological polar surface area (TPSA) is 56.4 Å². The van der Waals surface area contributed by atoms with Gasteiger partial charge in [-0.25, -0.2) is 0 Å². The van der Waals surface area contributed by atoms with Crippen LogP contribution in [0.2, 0.25) is 0 Å². The van der Waals surface area contributed by atoms with Gasteiger partial charge in [-0.2, -0.15) is 0 Å². The maximum absolute atomic E-state index is 13.0. The smallest absolute Gasteiger partial charge is 0.270 e. The van der Waals surface area contributed by atoms with E-state index in [1.807, 2.05) is 35.2 Å². The fraction of sp³-hybridized carbons (Fsp3) is 0.500.